The van der Waals surface area contributed by atoms with Crippen LogP contribution in [0.2, 0.25) is 0 Å². The van der Waals surface area contributed by atoms with Crippen molar-refractivity contribution in [1.82, 2.24) is 0 Å². The largest absolute Gasteiger partial charge is 0.481 e. The van der Waals surface area contributed by atoms with Gasteiger partial charge in [-0.15, -0.1) is 0 Å². The van der Waals surface area contributed by atoms with Gasteiger partial charge in [0, 0.05) is 6.42 Å². The fourth-order valence-corrected chi connectivity index (χ4v) is 0.482. The Balaban J connectivity index is 0. The highest BCUT2D eigenvalue weighted by Crippen LogP contribution is 2.19. The fraction of sp³-hybridized carbons (Fsp3) is 0.889. The van der Waals surface area contributed by atoms with Crippen molar-refractivity contribution in [3.63, 3.8) is 0 Å². The molecular weight excluding hydrogens is 172 g/mol. The van der Waals surface area contributed by atoms with E-state index in [1.165, 1.54) is 0 Å². The van der Waals surface area contributed by atoms with E-state index in [9.17, 15) is 4.79 Å². The summed E-state index contributed by atoms with van der Waals surface area (Å²) in [5.74, 6) is -0.704. The maximum atomic E-state index is 10.0. The summed E-state index contributed by atoms with van der Waals surface area (Å²) in [4.78, 5) is 10.0. The Kier molecular flexibility index (Phi) is 9.17. The van der Waals surface area contributed by atoms with E-state index in [4.69, 9.17) is 15.3 Å². The SMILES string of the molecule is CC(C)(C)CCC(=O)O.OCCO. The molecule has 0 aromatic heterocycles. The van der Waals surface area contributed by atoms with Gasteiger partial charge in [-0.25, -0.2) is 0 Å². The molecule has 4 heteroatoms. The van der Waals surface area contributed by atoms with Crippen LogP contribution in [-0.4, -0.2) is 34.5 Å². The van der Waals surface area contributed by atoms with Crippen molar-refractivity contribution >= 4 is 5.97 Å². The summed E-state index contributed by atoms with van der Waals surface area (Å²) >= 11 is 0. The van der Waals surface area contributed by atoms with E-state index in [0.717, 1.165) is 6.42 Å². The number of carboxylic acid groups (broad SMARTS) is 1. The van der Waals surface area contributed by atoms with Crippen LogP contribution in [0, 0.1) is 5.41 Å². The molecule has 0 amide bonds. The molecule has 3 N–H and O–H groups in total. The van der Waals surface area contributed by atoms with Crippen LogP contribution in [-0.2, 0) is 4.79 Å². The first kappa shape index (κ1) is 14.9. The molecule has 0 rings (SSSR count). The average molecular weight is 192 g/mol. The molecule has 0 aliphatic carbocycles. The molecule has 4 nitrogen and oxygen atoms in total. The standard InChI is InChI=1S/C7H14O2.C2H6O2/c1-7(2,3)5-4-6(8)9;3-1-2-4/h4-5H2,1-3H3,(H,8,9);3-4H,1-2H2. The minimum Gasteiger partial charge on any atom is -0.481 e. The topological polar surface area (TPSA) is 77.8 Å². The summed E-state index contributed by atoms with van der Waals surface area (Å²) in [7, 11) is 0. The predicted octanol–water partition coefficient (Wildman–Crippen LogP) is 0.868. The van der Waals surface area contributed by atoms with Crippen LogP contribution in [0.15, 0.2) is 0 Å². The van der Waals surface area contributed by atoms with Gasteiger partial charge >= 0.3 is 5.97 Å². The third-order valence-electron chi connectivity index (χ3n) is 1.19. The minimum absolute atomic E-state index is 0.125. The summed E-state index contributed by atoms with van der Waals surface area (Å²) in [6.07, 6.45) is 1.03. The zero-order valence-electron chi connectivity index (χ0n) is 8.58. The highest BCUT2D eigenvalue weighted by atomic mass is 16.4. The van der Waals surface area contributed by atoms with Crippen LogP contribution in [0.4, 0.5) is 0 Å². The molecule has 0 fully saturated rings. The number of aliphatic carboxylic acids is 1. The first-order valence-corrected chi connectivity index (χ1v) is 4.27. The second-order valence-electron chi connectivity index (χ2n) is 3.90. The van der Waals surface area contributed by atoms with Gasteiger partial charge in [-0.05, 0) is 11.8 Å². The third kappa shape index (κ3) is 24.6. The van der Waals surface area contributed by atoms with E-state index in [-0.39, 0.29) is 25.0 Å². The molecule has 13 heavy (non-hydrogen) atoms. The molecule has 0 spiro atoms. The van der Waals surface area contributed by atoms with E-state index in [1.807, 2.05) is 20.8 Å². The van der Waals surface area contributed by atoms with Crippen LogP contribution in [0.5, 0.6) is 0 Å². The van der Waals surface area contributed by atoms with Crippen molar-refractivity contribution in [2.24, 2.45) is 5.41 Å². The summed E-state index contributed by atoms with van der Waals surface area (Å²) in [5.41, 5.74) is 0.151. The highest BCUT2D eigenvalue weighted by molar-refractivity contribution is 5.66. The number of aliphatic hydroxyl groups is 2. The second-order valence-corrected chi connectivity index (χ2v) is 3.90. The van der Waals surface area contributed by atoms with Gasteiger partial charge in [0.05, 0.1) is 13.2 Å². The molecule has 0 saturated carbocycles. The van der Waals surface area contributed by atoms with Crippen LogP contribution in [0.25, 0.3) is 0 Å². The molecule has 0 saturated heterocycles. The molecule has 0 radical (unpaired) electrons. The number of carboxylic acids is 1. The molecular formula is C9H20O4. The molecule has 0 unspecified atom stereocenters. The number of rotatable bonds is 3. The van der Waals surface area contributed by atoms with E-state index in [1.54, 1.807) is 0 Å². The molecule has 0 bridgehead atoms. The van der Waals surface area contributed by atoms with Gasteiger partial charge in [0.1, 0.15) is 0 Å². The van der Waals surface area contributed by atoms with Crippen molar-refractivity contribution in [3.8, 4) is 0 Å². The van der Waals surface area contributed by atoms with Crippen molar-refractivity contribution in [2.75, 3.05) is 13.2 Å². The van der Waals surface area contributed by atoms with Crippen molar-refractivity contribution in [1.29, 1.82) is 0 Å². The molecule has 0 heterocycles. The van der Waals surface area contributed by atoms with Gasteiger partial charge in [-0.1, -0.05) is 20.8 Å². The molecule has 0 aromatic carbocycles. The van der Waals surface area contributed by atoms with Gasteiger partial charge in [0.2, 0.25) is 0 Å². The Morgan fingerprint density at radius 2 is 1.54 bits per heavy atom. The van der Waals surface area contributed by atoms with Gasteiger partial charge < -0.3 is 15.3 Å². The first-order valence-electron chi connectivity index (χ1n) is 4.27. The Morgan fingerprint density at radius 3 is 1.62 bits per heavy atom. The lowest BCUT2D eigenvalue weighted by molar-refractivity contribution is -0.137. The Morgan fingerprint density at radius 1 is 1.15 bits per heavy atom. The smallest absolute Gasteiger partial charge is 0.303 e. The lowest BCUT2D eigenvalue weighted by Crippen LogP contribution is -2.07. The zero-order chi connectivity index (χ0) is 10.9. The van der Waals surface area contributed by atoms with Crippen LogP contribution >= 0.6 is 0 Å². The van der Waals surface area contributed by atoms with Gasteiger partial charge in [-0.2, -0.15) is 0 Å². The number of carbonyl (C=O) groups is 1. The van der Waals surface area contributed by atoms with E-state index < -0.39 is 5.97 Å². The van der Waals surface area contributed by atoms with Crippen LogP contribution < -0.4 is 0 Å². The summed E-state index contributed by atoms with van der Waals surface area (Å²) in [6.45, 7) is 5.86. The lowest BCUT2D eigenvalue weighted by atomic mass is 9.91. The number of aliphatic hydroxyl groups excluding tert-OH is 2. The van der Waals surface area contributed by atoms with Crippen LogP contribution in [0.3, 0.4) is 0 Å². The molecule has 0 aliphatic heterocycles. The third-order valence-corrected chi connectivity index (χ3v) is 1.19. The van der Waals surface area contributed by atoms with Crippen molar-refractivity contribution in [2.45, 2.75) is 33.6 Å². The summed E-state index contributed by atoms with van der Waals surface area (Å²) in [6, 6.07) is 0. The molecule has 0 aromatic rings. The van der Waals surface area contributed by atoms with E-state index in [0.29, 0.717) is 0 Å². The number of hydrogen-bond acceptors (Lipinski definition) is 3. The van der Waals surface area contributed by atoms with Gasteiger partial charge in [0.25, 0.3) is 0 Å². The average Bonchev–Trinajstić information content (AvgIpc) is 2.00. The first-order chi connectivity index (χ1) is 5.83. The van der Waals surface area contributed by atoms with Gasteiger partial charge in [0.15, 0.2) is 0 Å². The molecule has 0 atom stereocenters. The Labute approximate surface area is 79.2 Å². The highest BCUT2D eigenvalue weighted by Gasteiger charge is 2.11. The lowest BCUT2D eigenvalue weighted by Gasteiger charge is -2.15. The minimum atomic E-state index is -0.704. The summed E-state index contributed by atoms with van der Waals surface area (Å²) in [5, 5.41) is 23.5. The quantitative estimate of drug-likeness (QED) is 0.620. The maximum Gasteiger partial charge on any atom is 0.303 e. The predicted molar refractivity (Wildman–Crippen MR) is 50.5 cm³/mol. The molecule has 80 valence electrons. The normalized spacial score (nSPS) is 10.2. The second kappa shape index (κ2) is 8.01. The Bertz CT molecular complexity index is 124. The van der Waals surface area contributed by atoms with Crippen molar-refractivity contribution in [3.05, 3.63) is 0 Å². The monoisotopic (exact) mass is 192 g/mol. The Hall–Kier alpha value is -0.610. The zero-order valence-corrected chi connectivity index (χ0v) is 8.58. The summed E-state index contributed by atoms with van der Waals surface area (Å²) < 4.78 is 0. The van der Waals surface area contributed by atoms with Crippen molar-refractivity contribution < 1.29 is 20.1 Å². The fourth-order valence-electron chi connectivity index (χ4n) is 0.482. The number of hydrogen-bond donors (Lipinski definition) is 3. The van der Waals surface area contributed by atoms with E-state index in [2.05, 4.69) is 0 Å². The molecule has 0 aliphatic rings. The van der Waals surface area contributed by atoms with Gasteiger partial charge in [-0.3, -0.25) is 4.79 Å². The maximum absolute atomic E-state index is 10.0. The van der Waals surface area contributed by atoms with E-state index >= 15 is 0 Å². The van der Waals surface area contributed by atoms with Crippen LogP contribution in [0.1, 0.15) is 33.6 Å².